The van der Waals surface area contributed by atoms with Gasteiger partial charge in [-0.05, 0) is 76.6 Å². The molecule has 1 saturated heterocycles. The quantitative estimate of drug-likeness (QED) is 0.401. The number of fused-ring (bicyclic) bond motifs is 2. The van der Waals surface area contributed by atoms with Crippen molar-refractivity contribution < 1.29 is 19.1 Å². The van der Waals surface area contributed by atoms with E-state index >= 15 is 0 Å². The van der Waals surface area contributed by atoms with Crippen LogP contribution in [0, 0.1) is 5.92 Å². The smallest absolute Gasteiger partial charge is 0.410 e. The summed E-state index contributed by atoms with van der Waals surface area (Å²) in [6.45, 7) is 8.90. The van der Waals surface area contributed by atoms with E-state index in [0.717, 1.165) is 31.4 Å². The molecule has 0 radical (unpaired) electrons. The highest BCUT2D eigenvalue weighted by Crippen LogP contribution is 2.48. The average Bonchev–Trinajstić information content (AvgIpc) is 3.66. The number of piperazine rings is 1. The molecule has 41 heavy (non-hydrogen) atoms. The summed E-state index contributed by atoms with van der Waals surface area (Å²) in [6, 6.07) is 13.8. The highest BCUT2D eigenvalue weighted by molar-refractivity contribution is 6.21. The van der Waals surface area contributed by atoms with Crippen molar-refractivity contribution in [1.82, 2.24) is 19.6 Å². The van der Waals surface area contributed by atoms with Crippen LogP contribution in [0.2, 0.25) is 0 Å². The van der Waals surface area contributed by atoms with Crippen molar-refractivity contribution in [3.8, 4) is 0 Å². The number of rotatable bonds is 5. The molecule has 1 aromatic heterocycles. The first kappa shape index (κ1) is 26.0. The molecule has 3 fully saturated rings. The van der Waals surface area contributed by atoms with Crippen LogP contribution < -0.4 is 4.90 Å². The van der Waals surface area contributed by atoms with Crippen molar-refractivity contribution in [2.45, 2.75) is 64.0 Å². The van der Waals surface area contributed by atoms with Gasteiger partial charge in [0.1, 0.15) is 5.60 Å². The second kappa shape index (κ2) is 9.60. The van der Waals surface area contributed by atoms with Gasteiger partial charge in [0.05, 0.1) is 28.4 Å². The van der Waals surface area contributed by atoms with Crippen molar-refractivity contribution in [1.29, 1.82) is 0 Å². The molecular weight excluding hydrogens is 518 g/mol. The lowest BCUT2D eigenvalue weighted by Crippen LogP contribution is -2.50. The normalized spacial score (nSPS) is 22.8. The van der Waals surface area contributed by atoms with Crippen molar-refractivity contribution in [2.75, 3.05) is 37.6 Å². The standard InChI is InChI=1S/C32H37N5O4/c1-32(2,3)41-31(40)35-15-13-34(14-16-35)25-9-6-10-26-27(25)28(21-11-12-21)33-37(26)22-17-20(18-22)19-36-29(38)23-7-4-5-8-24(23)30(36)39/h4-10,20-22H,11-19H2,1-3H3/t20-,22-. The first-order valence-corrected chi connectivity index (χ1v) is 14.9. The third-order valence-corrected chi connectivity index (χ3v) is 8.85. The van der Waals surface area contributed by atoms with Crippen LogP contribution in [0.5, 0.6) is 0 Å². The van der Waals surface area contributed by atoms with Crippen molar-refractivity contribution in [3.63, 3.8) is 0 Å². The van der Waals surface area contributed by atoms with Crippen molar-refractivity contribution in [2.24, 2.45) is 5.92 Å². The fraction of sp³-hybridized carbons (Fsp3) is 0.500. The maximum absolute atomic E-state index is 12.9. The van der Waals surface area contributed by atoms with Gasteiger partial charge in [0, 0.05) is 49.7 Å². The maximum atomic E-state index is 12.9. The van der Waals surface area contributed by atoms with Gasteiger partial charge in [-0.3, -0.25) is 19.2 Å². The fourth-order valence-electron chi connectivity index (χ4n) is 6.55. The second-order valence-corrected chi connectivity index (χ2v) is 13.0. The third kappa shape index (κ3) is 4.65. The van der Waals surface area contributed by atoms with E-state index in [1.807, 2.05) is 32.9 Å². The van der Waals surface area contributed by atoms with Gasteiger partial charge in [0.2, 0.25) is 0 Å². The number of hydrogen-bond acceptors (Lipinski definition) is 6. The number of ether oxygens (including phenoxy) is 1. The van der Waals surface area contributed by atoms with Gasteiger partial charge < -0.3 is 14.5 Å². The maximum Gasteiger partial charge on any atom is 0.410 e. The number of hydrogen-bond donors (Lipinski definition) is 0. The summed E-state index contributed by atoms with van der Waals surface area (Å²) in [5.41, 5.74) is 4.07. The number of carbonyl (C=O) groups excluding carboxylic acids is 3. The Morgan fingerprint density at radius 2 is 1.59 bits per heavy atom. The van der Waals surface area contributed by atoms with Crippen LogP contribution in [0.4, 0.5) is 10.5 Å². The molecule has 0 N–H and O–H groups in total. The summed E-state index contributed by atoms with van der Waals surface area (Å²) in [6.07, 6.45) is 3.88. The summed E-state index contributed by atoms with van der Waals surface area (Å²) in [4.78, 5) is 43.9. The Kier molecular flexibility index (Phi) is 6.10. The van der Waals surface area contributed by atoms with Gasteiger partial charge in [-0.1, -0.05) is 18.2 Å². The molecule has 7 rings (SSSR count). The lowest BCUT2D eigenvalue weighted by Gasteiger charge is -2.38. The zero-order valence-corrected chi connectivity index (χ0v) is 24.0. The highest BCUT2D eigenvalue weighted by atomic mass is 16.6. The van der Waals surface area contributed by atoms with Crippen LogP contribution in [-0.4, -0.2) is 75.8 Å². The van der Waals surface area contributed by atoms with E-state index in [0.29, 0.717) is 36.7 Å². The molecule has 3 aromatic rings. The minimum atomic E-state index is -0.501. The average molecular weight is 556 g/mol. The van der Waals surface area contributed by atoms with Gasteiger partial charge in [0.15, 0.2) is 0 Å². The third-order valence-electron chi connectivity index (χ3n) is 8.85. The Morgan fingerprint density at radius 1 is 0.927 bits per heavy atom. The number of benzene rings is 2. The molecule has 3 heterocycles. The van der Waals surface area contributed by atoms with Crippen molar-refractivity contribution >= 4 is 34.5 Å². The van der Waals surface area contributed by atoms with Crippen molar-refractivity contribution in [3.05, 3.63) is 59.3 Å². The Bertz CT molecular complexity index is 1500. The topological polar surface area (TPSA) is 88.0 Å². The predicted octanol–water partition coefficient (Wildman–Crippen LogP) is 5.22. The number of amides is 3. The summed E-state index contributed by atoms with van der Waals surface area (Å²) < 4.78 is 7.80. The molecule has 0 atom stereocenters. The summed E-state index contributed by atoms with van der Waals surface area (Å²) >= 11 is 0. The minimum absolute atomic E-state index is 0.175. The zero-order valence-electron chi connectivity index (χ0n) is 24.0. The minimum Gasteiger partial charge on any atom is -0.444 e. The molecule has 0 unspecified atom stereocenters. The van der Waals surface area contributed by atoms with Crippen LogP contribution in [0.3, 0.4) is 0 Å². The largest absolute Gasteiger partial charge is 0.444 e. The number of nitrogens with zero attached hydrogens (tertiary/aromatic N) is 5. The molecule has 214 valence electrons. The van der Waals surface area contributed by atoms with E-state index < -0.39 is 5.60 Å². The molecule has 2 aliphatic carbocycles. The lowest BCUT2D eigenvalue weighted by molar-refractivity contribution is 0.0240. The van der Waals surface area contributed by atoms with Crippen LogP contribution in [0.1, 0.15) is 84.8 Å². The Labute approximate surface area is 240 Å². The Balaban J connectivity index is 1.07. The first-order valence-electron chi connectivity index (χ1n) is 14.9. The molecule has 0 bridgehead atoms. The van der Waals surface area contributed by atoms with E-state index in [2.05, 4.69) is 27.8 Å². The number of aromatic nitrogens is 2. The number of carbonyl (C=O) groups is 3. The van der Waals surface area contributed by atoms with Gasteiger partial charge >= 0.3 is 6.09 Å². The van der Waals surface area contributed by atoms with E-state index in [-0.39, 0.29) is 29.9 Å². The molecule has 3 amide bonds. The van der Waals surface area contributed by atoms with E-state index in [1.165, 1.54) is 34.5 Å². The Morgan fingerprint density at radius 3 is 2.20 bits per heavy atom. The fourth-order valence-corrected chi connectivity index (χ4v) is 6.55. The molecular formula is C32H37N5O4. The number of imide groups is 1. The molecule has 2 aliphatic heterocycles. The monoisotopic (exact) mass is 555 g/mol. The van der Waals surface area contributed by atoms with Crippen LogP contribution in [-0.2, 0) is 4.74 Å². The van der Waals surface area contributed by atoms with Crippen LogP contribution in [0.25, 0.3) is 10.9 Å². The molecule has 4 aliphatic rings. The van der Waals surface area contributed by atoms with Crippen LogP contribution >= 0.6 is 0 Å². The van der Waals surface area contributed by atoms with E-state index in [9.17, 15) is 14.4 Å². The molecule has 0 spiro atoms. The second-order valence-electron chi connectivity index (χ2n) is 13.0. The van der Waals surface area contributed by atoms with Gasteiger partial charge in [-0.2, -0.15) is 5.10 Å². The number of anilines is 1. The van der Waals surface area contributed by atoms with E-state index in [4.69, 9.17) is 9.84 Å². The predicted molar refractivity (Wildman–Crippen MR) is 155 cm³/mol. The van der Waals surface area contributed by atoms with Gasteiger partial charge in [-0.25, -0.2) is 4.79 Å². The first-order chi connectivity index (χ1) is 19.7. The molecule has 2 saturated carbocycles. The summed E-state index contributed by atoms with van der Waals surface area (Å²) in [5, 5.41) is 6.44. The van der Waals surface area contributed by atoms with Crippen LogP contribution in [0.15, 0.2) is 42.5 Å². The summed E-state index contributed by atoms with van der Waals surface area (Å²) in [7, 11) is 0. The van der Waals surface area contributed by atoms with E-state index in [1.54, 1.807) is 17.0 Å². The zero-order chi connectivity index (χ0) is 28.5. The highest BCUT2D eigenvalue weighted by Gasteiger charge is 2.41. The summed E-state index contributed by atoms with van der Waals surface area (Å²) in [5.74, 6) is 0.421. The lowest BCUT2D eigenvalue weighted by atomic mass is 9.80. The molecule has 2 aromatic carbocycles. The SMILES string of the molecule is CC(C)(C)OC(=O)N1CCN(c2cccc3c2c(C2CC2)nn3[C@H]2C[C@H](CN3C(=O)c4ccccc4C3=O)C2)CC1. The molecule has 9 nitrogen and oxygen atoms in total. The molecule has 9 heteroatoms. The Hall–Kier alpha value is -3.88. The van der Waals surface area contributed by atoms with Gasteiger partial charge in [0.25, 0.3) is 11.8 Å². The van der Waals surface area contributed by atoms with Gasteiger partial charge in [-0.15, -0.1) is 0 Å².